The van der Waals surface area contributed by atoms with Crippen LogP contribution >= 0.6 is 0 Å². The Morgan fingerprint density at radius 3 is 1.60 bits per heavy atom. The predicted octanol–water partition coefficient (Wildman–Crippen LogP) is 3.88. The molecule has 12 heteroatoms. The number of aromatic nitrogens is 6. The van der Waals surface area contributed by atoms with Crippen molar-refractivity contribution in [3.63, 3.8) is 0 Å². The van der Waals surface area contributed by atoms with Crippen LogP contribution in [0.4, 0.5) is 11.6 Å². The normalized spacial score (nSPS) is 16.3. The van der Waals surface area contributed by atoms with Gasteiger partial charge >= 0.3 is 0 Å². The molecule has 1 saturated carbocycles. The standard InChI is InChI=1S/C30H32N8O4/c1-41-29-16-19(10-12-31-29)14-27(39)33-25-8-6-23(35-37-25)21-4-3-5-22(18-21)24-7-9-26(38-36-24)34-28(40)15-20-11-13-32-30(17-20)42-2/h6-13,16-17,21-22H,3-5,14-15,18H2,1-2H3,(H,33,37,39)(H,34,38,40)/t21-,22-/m0/s1. The first kappa shape index (κ1) is 28.5. The number of hydrogen-bond acceptors (Lipinski definition) is 10. The van der Waals surface area contributed by atoms with E-state index in [1.807, 2.05) is 12.1 Å². The SMILES string of the molecule is COc1cc(CC(=O)Nc2ccc([C@H]3CCC[C@H](c4ccc(NC(=O)Cc5ccnc(OC)c5)nn4)C3)nn2)ccn1. The third kappa shape index (κ3) is 7.59. The molecule has 5 rings (SSSR count). The molecule has 0 radical (unpaired) electrons. The molecule has 216 valence electrons. The molecule has 1 aliphatic carbocycles. The summed E-state index contributed by atoms with van der Waals surface area (Å²) < 4.78 is 10.2. The lowest BCUT2D eigenvalue weighted by molar-refractivity contribution is -0.116. The van der Waals surface area contributed by atoms with Gasteiger partial charge in [0.05, 0.1) is 38.4 Å². The van der Waals surface area contributed by atoms with Crippen LogP contribution in [0, 0.1) is 0 Å². The molecule has 0 bridgehead atoms. The van der Waals surface area contributed by atoms with Crippen molar-refractivity contribution in [2.24, 2.45) is 0 Å². The topological polar surface area (TPSA) is 154 Å². The fraction of sp³-hybridized carbons (Fsp3) is 0.333. The second-order valence-electron chi connectivity index (χ2n) is 10.1. The molecule has 4 aromatic heterocycles. The number of amides is 2. The first-order chi connectivity index (χ1) is 20.5. The number of nitrogens with zero attached hydrogens (tertiary/aromatic N) is 6. The van der Waals surface area contributed by atoms with Gasteiger partial charge < -0.3 is 20.1 Å². The highest BCUT2D eigenvalue weighted by Crippen LogP contribution is 2.40. The lowest BCUT2D eigenvalue weighted by atomic mass is 9.78. The fourth-order valence-corrected chi connectivity index (χ4v) is 5.07. The number of methoxy groups -OCH3 is 2. The summed E-state index contributed by atoms with van der Waals surface area (Å²) >= 11 is 0. The minimum absolute atomic E-state index is 0.177. The van der Waals surface area contributed by atoms with E-state index in [2.05, 4.69) is 41.0 Å². The maximum atomic E-state index is 12.5. The maximum Gasteiger partial charge on any atom is 0.229 e. The van der Waals surface area contributed by atoms with Gasteiger partial charge in [0.1, 0.15) is 0 Å². The minimum Gasteiger partial charge on any atom is -0.481 e. The van der Waals surface area contributed by atoms with Crippen molar-refractivity contribution >= 4 is 23.5 Å². The highest BCUT2D eigenvalue weighted by molar-refractivity contribution is 5.91. The third-order valence-corrected chi connectivity index (χ3v) is 7.16. The molecular formula is C30H32N8O4. The van der Waals surface area contributed by atoms with Crippen molar-refractivity contribution in [1.82, 2.24) is 30.4 Å². The van der Waals surface area contributed by atoms with Gasteiger partial charge in [0.25, 0.3) is 0 Å². The van der Waals surface area contributed by atoms with Gasteiger partial charge in [0.2, 0.25) is 23.6 Å². The second-order valence-corrected chi connectivity index (χ2v) is 10.1. The van der Waals surface area contributed by atoms with Gasteiger partial charge in [-0.25, -0.2) is 9.97 Å². The monoisotopic (exact) mass is 568 g/mol. The van der Waals surface area contributed by atoms with E-state index in [9.17, 15) is 9.59 Å². The molecular weight excluding hydrogens is 536 g/mol. The number of pyridine rings is 2. The highest BCUT2D eigenvalue weighted by atomic mass is 16.5. The summed E-state index contributed by atoms with van der Waals surface area (Å²) in [6, 6.07) is 14.4. The Bertz CT molecular complexity index is 1400. The molecule has 2 N–H and O–H groups in total. The molecule has 2 atom stereocenters. The zero-order chi connectivity index (χ0) is 29.3. The summed E-state index contributed by atoms with van der Waals surface area (Å²) in [6.45, 7) is 0. The Hall–Kier alpha value is -5.00. The smallest absolute Gasteiger partial charge is 0.229 e. The molecule has 1 aliphatic rings. The van der Waals surface area contributed by atoms with E-state index >= 15 is 0 Å². The van der Waals surface area contributed by atoms with Crippen molar-refractivity contribution in [2.45, 2.75) is 50.4 Å². The van der Waals surface area contributed by atoms with Crippen molar-refractivity contribution in [2.75, 3.05) is 24.9 Å². The molecule has 4 aromatic rings. The third-order valence-electron chi connectivity index (χ3n) is 7.16. The number of hydrogen-bond donors (Lipinski definition) is 2. The Labute approximate surface area is 243 Å². The van der Waals surface area contributed by atoms with E-state index in [0.717, 1.165) is 48.2 Å². The van der Waals surface area contributed by atoms with E-state index in [4.69, 9.17) is 9.47 Å². The molecule has 0 aliphatic heterocycles. The van der Waals surface area contributed by atoms with Crippen LogP contribution in [0.1, 0.15) is 60.0 Å². The molecule has 1 fully saturated rings. The van der Waals surface area contributed by atoms with Crippen molar-refractivity contribution in [3.8, 4) is 11.8 Å². The largest absolute Gasteiger partial charge is 0.481 e. The van der Waals surface area contributed by atoms with Gasteiger partial charge in [-0.1, -0.05) is 6.42 Å². The Morgan fingerprint density at radius 1 is 0.714 bits per heavy atom. The number of nitrogens with one attached hydrogen (secondary N) is 2. The predicted molar refractivity (Wildman–Crippen MR) is 154 cm³/mol. The van der Waals surface area contributed by atoms with Gasteiger partial charge in [0.15, 0.2) is 11.6 Å². The van der Waals surface area contributed by atoms with Crippen LogP contribution in [-0.2, 0) is 22.4 Å². The number of ether oxygens (including phenoxy) is 2. The molecule has 2 amide bonds. The summed E-state index contributed by atoms with van der Waals surface area (Å²) in [4.78, 5) is 33.1. The average Bonchev–Trinajstić information content (AvgIpc) is 3.02. The van der Waals surface area contributed by atoms with Crippen LogP contribution < -0.4 is 20.1 Å². The van der Waals surface area contributed by atoms with Crippen LogP contribution in [-0.4, -0.2) is 56.4 Å². The average molecular weight is 569 g/mol. The highest BCUT2D eigenvalue weighted by Gasteiger charge is 2.27. The lowest BCUT2D eigenvalue weighted by Crippen LogP contribution is -2.18. The summed E-state index contributed by atoms with van der Waals surface area (Å²) in [5, 5.41) is 22.9. The van der Waals surface area contributed by atoms with E-state index in [1.54, 1.807) is 48.8 Å². The van der Waals surface area contributed by atoms with Crippen LogP contribution in [0.2, 0.25) is 0 Å². The molecule has 12 nitrogen and oxygen atoms in total. The first-order valence-electron chi connectivity index (χ1n) is 13.7. The van der Waals surface area contributed by atoms with Crippen molar-refractivity contribution in [1.29, 1.82) is 0 Å². The zero-order valence-electron chi connectivity index (χ0n) is 23.5. The minimum atomic E-state index is -0.196. The second kappa shape index (κ2) is 13.6. The van der Waals surface area contributed by atoms with Crippen LogP contribution in [0.5, 0.6) is 11.8 Å². The molecule has 4 heterocycles. The summed E-state index contributed by atoms with van der Waals surface area (Å²) in [7, 11) is 3.07. The Kier molecular flexibility index (Phi) is 9.22. The van der Waals surface area contributed by atoms with Crippen molar-refractivity contribution < 1.29 is 19.1 Å². The number of carbonyl (C=O) groups is 2. The lowest BCUT2D eigenvalue weighted by Gasteiger charge is -2.28. The number of carbonyl (C=O) groups excluding carboxylic acids is 2. The quantitative estimate of drug-likeness (QED) is 0.288. The van der Waals surface area contributed by atoms with E-state index in [1.165, 1.54) is 14.2 Å². The van der Waals surface area contributed by atoms with Crippen molar-refractivity contribution in [3.05, 3.63) is 83.4 Å². The summed E-state index contributed by atoms with van der Waals surface area (Å²) in [6.07, 6.45) is 7.47. The maximum absolute atomic E-state index is 12.5. The van der Waals surface area contributed by atoms with Gasteiger partial charge in [-0.2, -0.15) is 10.2 Å². The number of rotatable bonds is 10. The molecule has 0 unspecified atom stereocenters. The van der Waals surface area contributed by atoms with Crippen LogP contribution in [0.3, 0.4) is 0 Å². The van der Waals surface area contributed by atoms with E-state index in [-0.39, 0.29) is 36.5 Å². The molecule has 42 heavy (non-hydrogen) atoms. The van der Waals surface area contributed by atoms with E-state index < -0.39 is 0 Å². The van der Waals surface area contributed by atoms with Crippen LogP contribution in [0.25, 0.3) is 0 Å². The van der Waals surface area contributed by atoms with Gasteiger partial charge in [-0.05, 0) is 66.8 Å². The van der Waals surface area contributed by atoms with Gasteiger partial charge in [-0.3, -0.25) is 9.59 Å². The van der Waals surface area contributed by atoms with E-state index in [0.29, 0.717) is 23.4 Å². The molecule has 0 spiro atoms. The summed E-state index contributed by atoms with van der Waals surface area (Å²) in [5.74, 6) is 1.79. The Morgan fingerprint density at radius 2 is 1.19 bits per heavy atom. The van der Waals surface area contributed by atoms with Gasteiger partial charge in [0, 0.05) is 36.4 Å². The number of anilines is 2. The fourth-order valence-electron chi connectivity index (χ4n) is 5.07. The molecule has 0 saturated heterocycles. The summed E-state index contributed by atoms with van der Waals surface area (Å²) in [5.41, 5.74) is 3.37. The first-order valence-corrected chi connectivity index (χ1v) is 13.7. The van der Waals surface area contributed by atoms with Crippen LogP contribution in [0.15, 0.2) is 60.9 Å². The Balaban J connectivity index is 1.13. The van der Waals surface area contributed by atoms with Gasteiger partial charge in [-0.15, -0.1) is 10.2 Å². The molecule has 0 aromatic carbocycles. The zero-order valence-corrected chi connectivity index (χ0v) is 23.5.